The first-order valence-corrected chi connectivity index (χ1v) is 9.29. The first kappa shape index (κ1) is 16.1. The molecule has 110 valence electrons. The number of piperazine rings is 1. The minimum absolute atomic E-state index is 0.0457. The van der Waals surface area contributed by atoms with Gasteiger partial charge in [-0.1, -0.05) is 27.5 Å². The largest absolute Gasteiger partial charge is 0.336 e. The van der Waals surface area contributed by atoms with Gasteiger partial charge >= 0.3 is 0 Å². The maximum Gasteiger partial charge on any atom is 0.255 e. The van der Waals surface area contributed by atoms with Gasteiger partial charge in [-0.3, -0.25) is 9.69 Å². The summed E-state index contributed by atoms with van der Waals surface area (Å²) in [7, 11) is 0. The van der Waals surface area contributed by atoms with Gasteiger partial charge in [0.2, 0.25) is 0 Å². The van der Waals surface area contributed by atoms with Crippen molar-refractivity contribution in [2.24, 2.45) is 0 Å². The molecular formula is C14H18BrClN2OS. The van der Waals surface area contributed by atoms with Gasteiger partial charge in [0, 0.05) is 42.9 Å². The van der Waals surface area contributed by atoms with Gasteiger partial charge in [0.1, 0.15) is 0 Å². The summed E-state index contributed by atoms with van der Waals surface area (Å²) in [6.45, 7) is 4.43. The summed E-state index contributed by atoms with van der Waals surface area (Å²) in [5.41, 5.74) is 0.618. The van der Waals surface area contributed by atoms with Crippen molar-refractivity contribution in [1.82, 2.24) is 9.80 Å². The van der Waals surface area contributed by atoms with Crippen molar-refractivity contribution < 1.29 is 4.79 Å². The second-order valence-corrected chi connectivity index (χ2v) is 6.75. The minimum Gasteiger partial charge on any atom is -0.336 e. The first-order valence-electron chi connectivity index (χ1n) is 6.57. The van der Waals surface area contributed by atoms with Crippen molar-refractivity contribution in [1.29, 1.82) is 0 Å². The molecule has 0 N–H and O–H groups in total. The summed E-state index contributed by atoms with van der Waals surface area (Å²) in [6.07, 6.45) is 2.00. The molecule has 1 heterocycles. The Hall–Kier alpha value is -0.230. The molecule has 1 aromatic rings. The zero-order chi connectivity index (χ0) is 14.5. The van der Waals surface area contributed by atoms with Crippen molar-refractivity contribution in [2.45, 2.75) is 4.90 Å². The van der Waals surface area contributed by atoms with Crippen molar-refractivity contribution in [3.8, 4) is 0 Å². The average Bonchev–Trinajstić information content (AvgIpc) is 2.48. The molecule has 2 rings (SSSR count). The highest BCUT2D eigenvalue weighted by atomic mass is 79.9. The molecule has 6 heteroatoms. The van der Waals surface area contributed by atoms with Crippen molar-refractivity contribution in [2.75, 3.05) is 44.3 Å². The molecule has 1 amide bonds. The van der Waals surface area contributed by atoms with Crippen LogP contribution in [0.4, 0.5) is 0 Å². The third-order valence-electron chi connectivity index (χ3n) is 3.46. The van der Waals surface area contributed by atoms with Crippen LogP contribution in [0.2, 0.25) is 5.02 Å². The van der Waals surface area contributed by atoms with E-state index < -0.39 is 0 Å². The Kier molecular flexibility index (Phi) is 6.20. The van der Waals surface area contributed by atoms with E-state index in [4.69, 9.17) is 11.6 Å². The number of hydrogen-bond donors (Lipinski definition) is 0. The summed E-state index contributed by atoms with van der Waals surface area (Å²) in [5, 5.41) is 1.51. The van der Waals surface area contributed by atoms with Crippen LogP contribution in [0.5, 0.6) is 0 Å². The van der Waals surface area contributed by atoms with E-state index in [2.05, 4.69) is 20.8 Å². The van der Waals surface area contributed by atoms with Crippen LogP contribution < -0.4 is 0 Å². The van der Waals surface area contributed by atoms with Crippen LogP contribution in [-0.4, -0.2) is 60.0 Å². The van der Waals surface area contributed by atoms with Gasteiger partial charge in [-0.25, -0.2) is 0 Å². The predicted octanol–water partition coefficient (Wildman–Crippen LogP) is 3.21. The molecule has 0 radical (unpaired) electrons. The maximum absolute atomic E-state index is 12.6. The summed E-state index contributed by atoms with van der Waals surface area (Å²) in [4.78, 5) is 17.9. The first-order chi connectivity index (χ1) is 9.65. The van der Waals surface area contributed by atoms with Gasteiger partial charge in [0.15, 0.2) is 0 Å². The number of amides is 1. The quantitative estimate of drug-likeness (QED) is 0.594. The topological polar surface area (TPSA) is 23.6 Å². The fourth-order valence-electron chi connectivity index (χ4n) is 2.26. The van der Waals surface area contributed by atoms with Gasteiger partial charge in [0.25, 0.3) is 5.91 Å². The molecule has 20 heavy (non-hydrogen) atoms. The summed E-state index contributed by atoms with van der Waals surface area (Å²) < 4.78 is 0. The standard InChI is InChI=1S/C14H18BrClN2OS/c1-20-11-2-3-13(16)12(10-11)14(19)18-8-6-17(5-4-15)7-9-18/h2-3,10H,4-9H2,1H3. The Labute approximate surface area is 137 Å². The van der Waals surface area contributed by atoms with E-state index in [-0.39, 0.29) is 5.91 Å². The summed E-state index contributed by atoms with van der Waals surface area (Å²) in [5.74, 6) is 0.0457. The van der Waals surface area contributed by atoms with Crippen LogP contribution >= 0.6 is 39.3 Å². The van der Waals surface area contributed by atoms with E-state index in [9.17, 15) is 4.79 Å². The number of nitrogens with zero attached hydrogens (tertiary/aromatic N) is 2. The SMILES string of the molecule is CSc1ccc(Cl)c(C(=O)N2CCN(CCBr)CC2)c1. The van der Waals surface area contributed by atoms with Gasteiger partial charge < -0.3 is 4.90 Å². The number of carbonyl (C=O) groups is 1. The van der Waals surface area contributed by atoms with E-state index in [0.29, 0.717) is 10.6 Å². The van der Waals surface area contributed by atoms with Crippen molar-refractivity contribution >= 4 is 45.2 Å². The summed E-state index contributed by atoms with van der Waals surface area (Å²) >= 11 is 11.2. The average molecular weight is 378 g/mol. The highest BCUT2D eigenvalue weighted by molar-refractivity contribution is 9.09. The summed E-state index contributed by atoms with van der Waals surface area (Å²) in [6, 6.07) is 5.64. The second-order valence-electron chi connectivity index (χ2n) is 4.67. The number of alkyl halides is 1. The molecule has 3 nitrogen and oxygen atoms in total. The molecule has 0 spiro atoms. The number of benzene rings is 1. The molecular weight excluding hydrogens is 360 g/mol. The van der Waals surface area contributed by atoms with Crippen LogP contribution in [0, 0.1) is 0 Å². The molecule has 1 fully saturated rings. The smallest absolute Gasteiger partial charge is 0.255 e. The Balaban J connectivity index is 2.05. The number of carbonyl (C=O) groups excluding carboxylic acids is 1. The molecule has 1 aromatic carbocycles. The van der Waals surface area contributed by atoms with Gasteiger partial charge in [-0.05, 0) is 24.5 Å². The fraction of sp³-hybridized carbons (Fsp3) is 0.500. The normalized spacial score (nSPS) is 16.4. The van der Waals surface area contributed by atoms with E-state index in [0.717, 1.165) is 42.9 Å². The van der Waals surface area contributed by atoms with E-state index >= 15 is 0 Å². The number of rotatable bonds is 4. The molecule has 1 saturated heterocycles. The van der Waals surface area contributed by atoms with Crippen molar-refractivity contribution in [3.05, 3.63) is 28.8 Å². The highest BCUT2D eigenvalue weighted by Crippen LogP contribution is 2.24. The van der Waals surface area contributed by atoms with Crippen LogP contribution in [0.15, 0.2) is 23.1 Å². The molecule has 1 aliphatic heterocycles. The van der Waals surface area contributed by atoms with Gasteiger partial charge in [-0.2, -0.15) is 0 Å². The van der Waals surface area contributed by atoms with Crippen LogP contribution in [0.1, 0.15) is 10.4 Å². The van der Waals surface area contributed by atoms with Crippen molar-refractivity contribution in [3.63, 3.8) is 0 Å². The third kappa shape index (κ3) is 3.91. The Morgan fingerprint density at radius 1 is 1.35 bits per heavy atom. The van der Waals surface area contributed by atoms with Crippen LogP contribution in [0.25, 0.3) is 0 Å². The Bertz CT molecular complexity index is 478. The fourth-order valence-corrected chi connectivity index (χ4v) is 3.40. The zero-order valence-corrected chi connectivity index (χ0v) is 14.6. The van der Waals surface area contributed by atoms with Gasteiger partial charge in [0.05, 0.1) is 10.6 Å². The third-order valence-corrected chi connectivity index (χ3v) is 4.87. The monoisotopic (exact) mass is 376 g/mol. The lowest BCUT2D eigenvalue weighted by molar-refractivity contribution is 0.0645. The van der Waals surface area contributed by atoms with E-state index in [1.54, 1.807) is 11.8 Å². The predicted molar refractivity (Wildman–Crippen MR) is 89.4 cm³/mol. The molecule has 0 aliphatic carbocycles. The minimum atomic E-state index is 0.0457. The lowest BCUT2D eigenvalue weighted by Gasteiger charge is -2.34. The highest BCUT2D eigenvalue weighted by Gasteiger charge is 2.23. The molecule has 0 atom stereocenters. The lowest BCUT2D eigenvalue weighted by Crippen LogP contribution is -2.49. The molecule has 0 aromatic heterocycles. The van der Waals surface area contributed by atoms with E-state index in [1.807, 2.05) is 29.4 Å². The number of thioether (sulfide) groups is 1. The molecule has 1 aliphatic rings. The number of halogens is 2. The van der Waals surface area contributed by atoms with E-state index in [1.165, 1.54) is 0 Å². The molecule has 0 bridgehead atoms. The molecule has 0 saturated carbocycles. The molecule has 0 unspecified atom stereocenters. The lowest BCUT2D eigenvalue weighted by atomic mass is 10.2. The van der Waals surface area contributed by atoms with Crippen LogP contribution in [0.3, 0.4) is 0 Å². The zero-order valence-electron chi connectivity index (χ0n) is 11.4. The maximum atomic E-state index is 12.6. The Morgan fingerprint density at radius 2 is 2.05 bits per heavy atom. The second kappa shape index (κ2) is 7.69. The van der Waals surface area contributed by atoms with Crippen LogP contribution in [-0.2, 0) is 0 Å². The Morgan fingerprint density at radius 3 is 2.65 bits per heavy atom. The van der Waals surface area contributed by atoms with Gasteiger partial charge in [-0.15, -0.1) is 11.8 Å². The number of hydrogen-bond acceptors (Lipinski definition) is 3.